The van der Waals surface area contributed by atoms with Crippen LogP contribution in [0.25, 0.3) is 0 Å². The van der Waals surface area contributed by atoms with Crippen LogP contribution in [0.4, 0.5) is 4.79 Å². The van der Waals surface area contributed by atoms with Crippen LogP contribution in [0.3, 0.4) is 0 Å². The molecule has 0 aromatic carbocycles. The number of amides is 2. The van der Waals surface area contributed by atoms with E-state index in [0.29, 0.717) is 19.5 Å². The van der Waals surface area contributed by atoms with Crippen LogP contribution < -0.4 is 5.32 Å². The van der Waals surface area contributed by atoms with Gasteiger partial charge >= 0.3 is 12.0 Å². The second-order valence-corrected chi connectivity index (χ2v) is 5.64. The number of hydrogen-bond acceptors (Lipinski definition) is 3. The summed E-state index contributed by atoms with van der Waals surface area (Å²) in [6.45, 7) is 0.890. The van der Waals surface area contributed by atoms with E-state index in [1.807, 2.05) is 0 Å². The first-order chi connectivity index (χ1) is 10.1. The van der Waals surface area contributed by atoms with Gasteiger partial charge in [-0.15, -0.1) is 0 Å². The molecule has 3 N–H and O–H groups in total. The summed E-state index contributed by atoms with van der Waals surface area (Å²) in [7, 11) is 1.71. The molecule has 0 radical (unpaired) electrons. The molecule has 21 heavy (non-hydrogen) atoms. The zero-order chi connectivity index (χ0) is 15.2. The lowest BCUT2D eigenvalue weighted by Gasteiger charge is -2.29. The van der Waals surface area contributed by atoms with Gasteiger partial charge in [0.2, 0.25) is 0 Å². The van der Waals surface area contributed by atoms with E-state index in [0.717, 1.165) is 24.8 Å². The van der Waals surface area contributed by atoms with E-state index in [4.69, 9.17) is 0 Å². The molecule has 0 saturated heterocycles. The summed E-state index contributed by atoms with van der Waals surface area (Å²) in [5.74, 6) is -1.05. The lowest BCUT2D eigenvalue weighted by molar-refractivity contribution is -0.144. The van der Waals surface area contributed by atoms with Crippen LogP contribution in [0.1, 0.15) is 31.2 Å². The predicted octanol–water partition coefficient (Wildman–Crippen LogP) is 1.44. The molecule has 1 saturated carbocycles. The van der Waals surface area contributed by atoms with Crippen LogP contribution in [-0.4, -0.2) is 45.8 Å². The first-order valence-electron chi connectivity index (χ1n) is 7.27. The van der Waals surface area contributed by atoms with Crippen molar-refractivity contribution in [2.75, 3.05) is 13.6 Å². The van der Waals surface area contributed by atoms with Gasteiger partial charge in [-0.3, -0.25) is 9.89 Å². The molecule has 1 aromatic rings. The number of H-pyrrole nitrogens is 1. The number of carboxylic acid groups (broad SMARTS) is 1. The standard InChI is InChI=1S/C14H22N4O3/c1-18(9-10-6-16-17-7-10)14(21)15-8-11-4-2-3-5-12(11)13(19)20/h6-7,11-12H,2-5,8-9H2,1H3,(H,15,21)(H,16,17)(H,19,20). The minimum atomic E-state index is -0.749. The Bertz CT molecular complexity index is 475. The fourth-order valence-corrected chi connectivity index (χ4v) is 2.84. The van der Waals surface area contributed by atoms with Gasteiger partial charge in [-0.2, -0.15) is 5.10 Å². The topological polar surface area (TPSA) is 98.3 Å². The van der Waals surface area contributed by atoms with Gasteiger partial charge < -0.3 is 15.3 Å². The lowest BCUT2D eigenvalue weighted by Crippen LogP contribution is -2.42. The molecule has 1 aliphatic rings. The molecule has 2 rings (SSSR count). The Hall–Kier alpha value is -2.05. The molecule has 0 aliphatic heterocycles. The molecular weight excluding hydrogens is 272 g/mol. The molecule has 1 heterocycles. The maximum Gasteiger partial charge on any atom is 0.317 e. The molecule has 116 valence electrons. The molecule has 1 fully saturated rings. The minimum absolute atomic E-state index is 0.0301. The van der Waals surface area contributed by atoms with Crippen molar-refractivity contribution in [2.45, 2.75) is 32.2 Å². The molecule has 2 atom stereocenters. The summed E-state index contributed by atoms with van der Waals surface area (Å²) < 4.78 is 0. The number of nitrogens with zero attached hydrogens (tertiary/aromatic N) is 2. The Balaban J connectivity index is 1.80. The molecule has 0 bridgehead atoms. The second kappa shape index (κ2) is 7.10. The van der Waals surface area contributed by atoms with E-state index in [1.54, 1.807) is 24.3 Å². The lowest BCUT2D eigenvalue weighted by atomic mass is 9.79. The number of carboxylic acids is 1. The Labute approximate surface area is 123 Å². The van der Waals surface area contributed by atoms with Gasteiger partial charge in [0, 0.05) is 25.4 Å². The minimum Gasteiger partial charge on any atom is -0.481 e. The zero-order valence-corrected chi connectivity index (χ0v) is 12.2. The van der Waals surface area contributed by atoms with Crippen molar-refractivity contribution in [2.24, 2.45) is 11.8 Å². The van der Waals surface area contributed by atoms with E-state index in [1.165, 1.54) is 0 Å². The second-order valence-electron chi connectivity index (χ2n) is 5.64. The largest absolute Gasteiger partial charge is 0.481 e. The molecule has 2 amide bonds. The Morgan fingerprint density at radius 3 is 2.90 bits per heavy atom. The van der Waals surface area contributed by atoms with Crippen LogP contribution in [0.5, 0.6) is 0 Å². The van der Waals surface area contributed by atoms with E-state index in [-0.39, 0.29) is 17.9 Å². The van der Waals surface area contributed by atoms with Crippen LogP contribution in [0, 0.1) is 11.8 Å². The average molecular weight is 294 g/mol. The summed E-state index contributed by atoms with van der Waals surface area (Å²) in [5, 5.41) is 18.6. The van der Waals surface area contributed by atoms with Gasteiger partial charge in [-0.25, -0.2) is 4.79 Å². The Morgan fingerprint density at radius 1 is 1.48 bits per heavy atom. The molecule has 7 nitrogen and oxygen atoms in total. The van der Waals surface area contributed by atoms with Gasteiger partial charge in [0.1, 0.15) is 0 Å². The SMILES string of the molecule is CN(Cc1cn[nH]c1)C(=O)NCC1CCCCC1C(=O)O. The normalized spacial score (nSPS) is 21.8. The van der Waals surface area contributed by atoms with Crippen LogP contribution >= 0.6 is 0 Å². The van der Waals surface area contributed by atoms with Crippen LogP contribution in [0.15, 0.2) is 12.4 Å². The number of aromatic amines is 1. The van der Waals surface area contributed by atoms with Crippen molar-refractivity contribution >= 4 is 12.0 Å². The van der Waals surface area contributed by atoms with Crippen molar-refractivity contribution in [3.05, 3.63) is 18.0 Å². The third-order valence-electron chi connectivity index (χ3n) is 4.06. The molecule has 7 heteroatoms. The number of rotatable bonds is 5. The maximum atomic E-state index is 12.0. The van der Waals surface area contributed by atoms with E-state index in [2.05, 4.69) is 15.5 Å². The number of carbonyl (C=O) groups is 2. The summed E-state index contributed by atoms with van der Waals surface area (Å²) >= 11 is 0. The fraction of sp³-hybridized carbons (Fsp3) is 0.643. The van der Waals surface area contributed by atoms with Crippen molar-refractivity contribution in [3.63, 3.8) is 0 Å². The van der Waals surface area contributed by atoms with Gasteiger partial charge in [-0.1, -0.05) is 12.8 Å². The van der Waals surface area contributed by atoms with E-state index in [9.17, 15) is 14.7 Å². The van der Waals surface area contributed by atoms with E-state index >= 15 is 0 Å². The molecule has 0 spiro atoms. The third-order valence-corrected chi connectivity index (χ3v) is 4.06. The summed E-state index contributed by atoms with van der Waals surface area (Å²) in [4.78, 5) is 24.8. The number of nitrogens with one attached hydrogen (secondary N) is 2. The van der Waals surface area contributed by atoms with E-state index < -0.39 is 5.97 Å². The predicted molar refractivity (Wildman–Crippen MR) is 76.5 cm³/mol. The molecule has 1 aromatic heterocycles. The summed E-state index contributed by atoms with van der Waals surface area (Å²) in [5.41, 5.74) is 0.925. The quantitative estimate of drug-likeness (QED) is 0.765. The number of hydrogen-bond donors (Lipinski definition) is 3. The first-order valence-corrected chi connectivity index (χ1v) is 7.27. The number of urea groups is 1. The molecule has 2 unspecified atom stereocenters. The number of aromatic nitrogens is 2. The van der Waals surface area contributed by atoms with Crippen molar-refractivity contribution in [3.8, 4) is 0 Å². The average Bonchev–Trinajstić information content (AvgIpc) is 2.97. The summed E-state index contributed by atoms with van der Waals surface area (Å²) in [6, 6.07) is -0.189. The monoisotopic (exact) mass is 294 g/mol. The van der Waals surface area contributed by atoms with Gasteiger partial charge in [-0.05, 0) is 18.8 Å². The summed E-state index contributed by atoms with van der Waals surface area (Å²) in [6.07, 6.45) is 6.98. The van der Waals surface area contributed by atoms with Crippen LogP contribution in [0.2, 0.25) is 0 Å². The van der Waals surface area contributed by atoms with Gasteiger partial charge in [0.05, 0.1) is 18.7 Å². The Kier molecular flexibility index (Phi) is 5.19. The highest BCUT2D eigenvalue weighted by Crippen LogP contribution is 2.29. The third kappa shape index (κ3) is 4.21. The zero-order valence-electron chi connectivity index (χ0n) is 12.2. The highest BCUT2D eigenvalue weighted by atomic mass is 16.4. The highest BCUT2D eigenvalue weighted by molar-refractivity contribution is 5.74. The van der Waals surface area contributed by atoms with Gasteiger partial charge in [0.25, 0.3) is 0 Å². The molecule has 1 aliphatic carbocycles. The fourth-order valence-electron chi connectivity index (χ4n) is 2.84. The van der Waals surface area contributed by atoms with Crippen LogP contribution in [-0.2, 0) is 11.3 Å². The molecular formula is C14H22N4O3. The maximum absolute atomic E-state index is 12.0. The highest BCUT2D eigenvalue weighted by Gasteiger charge is 2.31. The van der Waals surface area contributed by atoms with Crippen molar-refractivity contribution < 1.29 is 14.7 Å². The number of carbonyl (C=O) groups excluding carboxylic acids is 1. The van der Waals surface area contributed by atoms with Crippen molar-refractivity contribution in [1.82, 2.24) is 20.4 Å². The van der Waals surface area contributed by atoms with Crippen molar-refractivity contribution in [1.29, 1.82) is 0 Å². The first kappa shape index (κ1) is 15.3. The number of aliphatic carboxylic acids is 1. The smallest absolute Gasteiger partial charge is 0.317 e. The Morgan fingerprint density at radius 2 is 2.24 bits per heavy atom. The van der Waals surface area contributed by atoms with Gasteiger partial charge in [0.15, 0.2) is 0 Å².